The lowest BCUT2D eigenvalue weighted by atomic mass is 10.2. The molecule has 0 saturated heterocycles. The Labute approximate surface area is 161 Å². The molecule has 1 N–H and O–H groups in total. The quantitative estimate of drug-likeness (QED) is 0.612. The number of benzene rings is 2. The van der Waals surface area contributed by atoms with Gasteiger partial charge in [-0.25, -0.2) is 17.5 Å². The van der Waals surface area contributed by atoms with Crippen LogP contribution in [-0.4, -0.2) is 32.3 Å². The minimum absolute atomic E-state index is 0.0227. The summed E-state index contributed by atoms with van der Waals surface area (Å²) in [5.74, 6) is 0.404. The maximum absolute atomic E-state index is 13.4. The van der Waals surface area contributed by atoms with Gasteiger partial charge < -0.3 is 14.0 Å². The lowest BCUT2D eigenvalue weighted by Crippen LogP contribution is -2.24. The SMILES string of the molecule is CCOc1ccc(-c2noc(CNS(=O)(=O)c3cc(F)ccc3OC)n2)cc1. The average Bonchev–Trinajstić information content (AvgIpc) is 3.16. The van der Waals surface area contributed by atoms with E-state index in [9.17, 15) is 12.8 Å². The monoisotopic (exact) mass is 407 g/mol. The Bertz CT molecular complexity index is 1050. The van der Waals surface area contributed by atoms with E-state index in [1.807, 2.05) is 6.92 Å². The molecule has 0 radical (unpaired) electrons. The van der Waals surface area contributed by atoms with Crippen LogP contribution < -0.4 is 14.2 Å². The number of nitrogens with zero attached hydrogens (tertiary/aromatic N) is 2. The van der Waals surface area contributed by atoms with Crippen LogP contribution in [0.1, 0.15) is 12.8 Å². The predicted octanol–water partition coefficient (Wildman–Crippen LogP) is 2.76. The number of sulfonamides is 1. The van der Waals surface area contributed by atoms with Crippen LogP contribution in [0.4, 0.5) is 4.39 Å². The molecule has 8 nitrogen and oxygen atoms in total. The zero-order valence-electron chi connectivity index (χ0n) is 15.2. The van der Waals surface area contributed by atoms with Crippen LogP contribution in [-0.2, 0) is 16.6 Å². The highest BCUT2D eigenvalue weighted by Crippen LogP contribution is 2.24. The van der Waals surface area contributed by atoms with Crippen molar-refractivity contribution >= 4 is 10.0 Å². The summed E-state index contributed by atoms with van der Waals surface area (Å²) in [6.07, 6.45) is 0. The topological polar surface area (TPSA) is 104 Å². The summed E-state index contributed by atoms with van der Waals surface area (Å²) < 4.78 is 56.1. The number of aromatic nitrogens is 2. The molecule has 148 valence electrons. The van der Waals surface area contributed by atoms with Crippen LogP contribution >= 0.6 is 0 Å². The van der Waals surface area contributed by atoms with E-state index in [-0.39, 0.29) is 23.1 Å². The van der Waals surface area contributed by atoms with Crippen LogP contribution in [0, 0.1) is 5.82 Å². The largest absolute Gasteiger partial charge is 0.495 e. The molecule has 3 aromatic rings. The van der Waals surface area contributed by atoms with Crippen LogP contribution in [0.3, 0.4) is 0 Å². The standard InChI is InChI=1S/C18H18FN3O5S/c1-3-26-14-7-4-12(5-8-14)18-21-17(27-22-18)11-20-28(23,24)16-10-13(19)6-9-15(16)25-2/h4-10,20H,3,11H2,1-2H3. The van der Waals surface area contributed by atoms with Crippen molar-refractivity contribution in [1.29, 1.82) is 0 Å². The van der Waals surface area contributed by atoms with E-state index in [4.69, 9.17) is 14.0 Å². The summed E-state index contributed by atoms with van der Waals surface area (Å²) in [5.41, 5.74) is 0.688. The molecule has 0 spiro atoms. The van der Waals surface area contributed by atoms with Gasteiger partial charge in [-0.3, -0.25) is 0 Å². The highest BCUT2D eigenvalue weighted by Gasteiger charge is 2.21. The third-order valence-electron chi connectivity index (χ3n) is 3.72. The molecule has 0 atom stereocenters. The van der Waals surface area contributed by atoms with E-state index in [0.717, 1.165) is 12.1 Å². The second-order valence-electron chi connectivity index (χ2n) is 5.59. The Kier molecular flexibility index (Phi) is 5.90. The Hall–Kier alpha value is -2.98. The lowest BCUT2D eigenvalue weighted by molar-refractivity contribution is 0.340. The molecule has 3 rings (SSSR count). The number of hydrogen-bond donors (Lipinski definition) is 1. The lowest BCUT2D eigenvalue weighted by Gasteiger charge is -2.09. The van der Waals surface area contributed by atoms with Gasteiger partial charge >= 0.3 is 0 Å². The third kappa shape index (κ3) is 4.46. The van der Waals surface area contributed by atoms with E-state index in [1.165, 1.54) is 13.2 Å². The zero-order chi connectivity index (χ0) is 20.1. The molecule has 2 aromatic carbocycles. The molecular weight excluding hydrogens is 389 g/mol. The normalized spacial score (nSPS) is 11.4. The van der Waals surface area contributed by atoms with Crippen molar-refractivity contribution in [2.75, 3.05) is 13.7 Å². The molecule has 1 aromatic heterocycles. The van der Waals surface area contributed by atoms with Gasteiger partial charge in [-0.05, 0) is 49.4 Å². The van der Waals surface area contributed by atoms with Crippen molar-refractivity contribution in [3.8, 4) is 22.9 Å². The number of ether oxygens (including phenoxy) is 2. The molecule has 28 heavy (non-hydrogen) atoms. The molecule has 0 unspecified atom stereocenters. The van der Waals surface area contributed by atoms with Gasteiger partial charge in [-0.15, -0.1) is 0 Å². The molecule has 1 heterocycles. The fraction of sp³-hybridized carbons (Fsp3) is 0.222. The van der Waals surface area contributed by atoms with E-state index in [2.05, 4.69) is 14.9 Å². The Morgan fingerprint density at radius 3 is 2.61 bits per heavy atom. The highest BCUT2D eigenvalue weighted by molar-refractivity contribution is 7.89. The molecule has 0 saturated carbocycles. The van der Waals surface area contributed by atoms with E-state index in [1.54, 1.807) is 24.3 Å². The van der Waals surface area contributed by atoms with Crippen molar-refractivity contribution in [1.82, 2.24) is 14.9 Å². The summed E-state index contributed by atoms with van der Waals surface area (Å²) in [5, 5.41) is 3.84. The number of hydrogen-bond acceptors (Lipinski definition) is 7. The molecule has 0 aliphatic rings. The van der Waals surface area contributed by atoms with Crippen molar-refractivity contribution in [2.24, 2.45) is 0 Å². The van der Waals surface area contributed by atoms with Crippen molar-refractivity contribution in [2.45, 2.75) is 18.4 Å². The third-order valence-corrected chi connectivity index (χ3v) is 5.14. The number of rotatable bonds is 8. The Balaban J connectivity index is 1.72. The molecule has 0 aliphatic carbocycles. The summed E-state index contributed by atoms with van der Waals surface area (Å²) in [6.45, 7) is 2.19. The van der Waals surface area contributed by atoms with E-state index < -0.39 is 15.8 Å². The van der Waals surface area contributed by atoms with Gasteiger partial charge in [0.1, 0.15) is 22.2 Å². The summed E-state index contributed by atoms with van der Waals surface area (Å²) in [7, 11) is -2.75. The van der Waals surface area contributed by atoms with E-state index in [0.29, 0.717) is 23.7 Å². The molecule has 0 fully saturated rings. The van der Waals surface area contributed by atoms with Gasteiger partial charge in [0.15, 0.2) is 0 Å². The van der Waals surface area contributed by atoms with Gasteiger partial charge in [0, 0.05) is 5.56 Å². The van der Waals surface area contributed by atoms with Gasteiger partial charge in [0.2, 0.25) is 21.7 Å². The first-order valence-electron chi connectivity index (χ1n) is 8.32. The van der Waals surface area contributed by atoms with Crippen molar-refractivity contribution < 1.29 is 26.8 Å². The van der Waals surface area contributed by atoms with Crippen LogP contribution in [0.5, 0.6) is 11.5 Å². The molecular formula is C18H18FN3O5S. The fourth-order valence-electron chi connectivity index (χ4n) is 2.41. The van der Waals surface area contributed by atoms with E-state index >= 15 is 0 Å². The average molecular weight is 407 g/mol. The maximum atomic E-state index is 13.4. The summed E-state index contributed by atoms with van der Waals surface area (Å²) in [4.78, 5) is 3.84. The maximum Gasteiger partial charge on any atom is 0.244 e. The second kappa shape index (κ2) is 8.36. The minimum atomic E-state index is -4.05. The minimum Gasteiger partial charge on any atom is -0.495 e. The number of nitrogens with one attached hydrogen (secondary N) is 1. The first kappa shape index (κ1) is 19.8. The van der Waals surface area contributed by atoms with Crippen LogP contribution in [0.15, 0.2) is 51.9 Å². The summed E-state index contributed by atoms with van der Waals surface area (Å²) in [6, 6.07) is 10.3. The molecule has 0 aliphatic heterocycles. The fourth-order valence-corrected chi connectivity index (χ4v) is 3.56. The molecule has 0 amide bonds. The second-order valence-corrected chi connectivity index (χ2v) is 7.32. The highest BCUT2D eigenvalue weighted by atomic mass is 32.2. The predicted molar refractivity (Wildman–Crippen MR) is 97.9 cm³/mol. The van der Waals surface area contributed by atoms with Gasteiger partial charge in [-0.1, -0.05) is 5.16 Å². The van der Waals surface area contributed by atoms with Gasteiger partial charge in [-0.2, -0.15) is 4.98 Å². The Morgan fingerprint density at radius 2 is 1.93 bits per heavy atom. The zero-order valence-corrected chi connectivity index (χ0v) is 16.0. The smallest absolute Gasteiger partial charge is 0.244 e. The van der Waals surface area contributed by atoms with Crippen LogP contribution in [0.25, 0.3) is 11.4 Å². The number of methoxy groups -OCH3 is 1. The van der Waals surface area contributed by atoms with Crippen molar-refractivity contribution in [3.63, 3.8) is 0 Å². The molecule has 10 heteroatoms. The summed E-state index contributed by atoms with van der Waals surface area (Å²) >= 11 is 0. The van der Waals surface area contributed by atoms with Gasteiger partial charge in [0.05, 0.1) is 20.3 Å². The Morgan fingerprint density at radius 1 is 1.18 bits per heavy atom. The number of halogens is 1. The van der Waals surface area contributed by atoms with Crippen molar-refractivity contribution in [3.05, 3.63) is 54.2 Å². The first-order chi connectivity index (χ1) is 13.4. The molecule has 0 bridgehead atoms. The van der Waals surface area contributed by atoms with Gasteiger partial charge in [0.25, 0.3) is 0 Å². The van der Waals surface area contributed by atoms with Crippen LogP contribution in [0.2, 0.25) is 0 Å². The first-order valence-corrected chi connectivity index (χ1v) is 9.80.